The number of rotatable bonds is 1. The molecule has 1 saturated heterocycles. The first-order chi connectivity index (χ1) is 11.2. The Hall–Kier alpha value is -2.02. The summed E-state index contributed by atoms with van der Waals surface area (Å²) in [5.41, 5.74) is 1.53. The molecule has 2 aliphatic heterocycles. The fourth-order valence-corrected chi connectivity index (χ4v) is 4.04. The van der Waals surface area contributed by atoms with Crippen molar-refractivity contribution in [1.29, 1.82) is 0 Å². The van der Waals surface area contributed by atoms with Gasteiger partial charge in [-0.15, -0.1) is 0 Å². The average Bonchev–Trinajstić information content (AvgIpc) is 3.22. The van der Waals surface area contributed by atoms with Crippen molar-refractivity contribution in [3.05, 3.63) is 30.0 Å². The lowest BCUT2D eigenvalue weighted by molar-refractivity contribution is 0.0695. The van der Waals surface area contributed by atoms with Crippen LogP contribution in [0.3, 0.4) is 0 Å². The van der Waals surface area contributed by atoms with Crippen molar-refractivity contribution in [2.24, 2.45) is 4.99 Å². The molecule has 0 unspecified atom stereocenters. The quantitative estimate of drug-likeness (QED) is 0.867. The fraction of sp³-hybridized carbons (Fsp3) is 0.438. The van der Waals surface area contributed by atoms with Crippen molar-refractivity contribution in [3.8, 4) is 0 Å². The minimum atomic E-state index is 0.0777. The number of amides is 1. The van der Waals surface area contributed by atoms with Crippen LogP contribution >= 0.6 is 11.8 Å². The van der Waals surface area contributed by atoms with E-state index in [2.05, 4.69) is 27.0 Å². The van der Waals surface area contributed by atoms with Gasteiger partial charge < -0.3 is 9.80 Å². The normalized spacial score (nSPS) is 21.8. The Kier molecular flexibility index (Phi) is 3.72. The van der Waals surface area contributed by atoms with Gasteiger partial charge in [0.15, 0.2) is 5.17 Å². The van der Waals surface area contributed by atoms with Crippen LogP contribution in [0.4, 0.5) is 0 Å². The first-order valence-corrected chi connectivity index (χ1v) is 8.78. The third-order valence-electron chi connectivity index (χ3n) is 4.33. The maximum absolute atomic E-state index is 12.8. The molecule has 1 aromatic carbocycles. The highest BCUT2D eigenvalue weighted by atomic mass is 32.2. The standard InChI is InChI=1S/C16H19N5OS/c1-11-9-17-16(23-11)21-7-5-20(6-8-21)15(22)13-4-2-3-12-10-18-19-14(12)13/h2-4,10-11H,5-9H2,1H3,(H,18,19)/t11-/m0/s1. The van der Waals surface area contributed by atoms with Crippen LogP contribution in [0.25, 0.3) is 10.9 Å². The van der Waals surface area contributed by atoms with Crippen molar-refractivity contribution in [2.45, 2.75) is 12.2 Å². The van der Waals surface area contributed by atoms with Crippen molar-refractivity contribution in [3.63, 3.8) is 0 Å². The number of hydrogen-bond donors (Lipinski definition) is 1. The third-order valence-corrected chi connectivity index (χ3v) is 5.48. The number of H-pyrrole nitrogens is 1. The highest BCUT2D eigenvalue weighted by Gasteiger charge is 2.27. The van der Waals surface area contributed by atoms with E-state index in [4.69, 9.17) is 0 Å². The van der Waals surface area contributed by atoms with Gasteiger partial charge in [0.1, 0.15) is 0 Å². The number of carbonyl (C=O) groups excluding carboxylic acids is 1. The second-order valence-electron chi connectivity index (χ2n) is 5.97. The molecule has 1 aromatic heterocycles. The lowest BCUT2D eigenvalue weighted by atomic mass is 10.1. The number of benzene rings is 1. The summed E-state index contributed by atoms with van der Waals surface area (Å²) >= 11 is 1.84. The molecule has 6 nitrogen and oxygen atoms in total. The van der Waals surface area contributed by atoms with Gasteiger partial charge in [-0.05, 0) is 6.07 Å². The molecule has 0 saturated carbocycles. The van der Waals surface area contributed by atoms with E-state index in [1.165, 1.54) is 0 Å². The Labute approximate surface area is 138 Å². The zero-order valence-electron chi connectivity index (χ0n) is 13.0. The molecule has 23 heavy (non-hydrogen) atoms. The van der Waals surface area contributed by atoms with E-state index in [1.807, 2.05) is 34.9 Å². The molecule has 7 heteroatoms. The number of piperazine rings is 1. The lowest BCUT2D eigenvalue weighted by Gasteiger charge is -2.35. The van der Waals surface area contributed by atoms with Crippen molar-refractivity contribution < 1.29 is 4.79 Å². The number of hydrogen-bond acceptors (Lipinski definition) is 5. The predicted molar refractivity (Wildman–Crippen MR) is 92.9 cm³/mol. The van der Waals surface area contributed by atoms with Gasteiger partial charge >= 0.3 is 0 Å². The number of aromatic amines is 1. The van der Waals surface area contributed by atoms with Gasteiger partial charge in [0.25, 0.3) is 5.91 Å². The Morgan fingerprint density at radius 3 is 2.87 bits per heavy atom. The van der Waals surface area contributed by atoms with Gasteiger partial charge in [0.2, 0.25) is 0 Å². The summed E-state index contributed by atoms with van der Waals surface area (Å²) in [6.07, 6.45) is 1.75. The fourth-order valence-electron chi connectivity index (χ4n) is 3.05. The largest absolute Gasteiger partial charge is 0.348 e. The number of thioether (sulfide) groups is 1. The molecular weight excluding hydrogens is 310 g/mol. The minimum absolute atomic E-state index is 0.0777. The topological polar surface area (TPSA) is 64.6 Å². The molecule has 0 spiro atoms. The van der Waals surface area contributed by atoms with E-state index in [0.717, 1.165) is 48.8 Å². The molecule has 4 rings (SSSR count). The number of nitrogens with zero attached hydrogens (tertiary/aromatic N) is 4. The molecule has 1 N–H and O–H groups in total. The molecule has 3 heterocycles. The van der Waals surface area contributed by atoms with Crippen LogP contribution in [0.5, 0.6) is 0 Å². The number of fused-ring (bicyclic) bond motifs is 1. The van der Waals surface area contributed by atoms with Crippen LogP contribution in [0, 0.1) is 0 Å². The molecule has 0 bridgehead atoms. The number of aromatic nitrogens is 2. The lowest BCUT2D eigenvalue weighted by Crippen LogP contribution is -2.49. The smallest absolute Gasteiger partial charge is 0.256 e. The number of nitrogens with one attached hydrogen (secondary N) is 1. The maximum Gasteiger partial charge on any atom is 0.256 e. The van der Waals surface area contributed by atoms with Crippen LogP contribution < -0.4 is 0 Å². The molecule has 0 radical (unpaired) electrons. The zero-order chi connectivity index (χ0) is 15.8. The van der Waals surface area contributed by atoms with Gasteiger partial charge in [-0.3, -0.25) is 14.9 Å². The van der Waals surface area contributed by atoms with Crippen LogP contribution in [0.1, 0.15) is 17.3 Å². The monoisotopic (exact) mass is 329 g/mol. The second kappa shape index (κ2) is 5.88. The maximum atomic E-state index is 12.8. The number of aliphatic imine (C=N–C) groups is 1. The van der Waals surface area contributed by atoms with Crippen LogP contribution in [0.15, 0.2) is 29.4 Å². The van der Waals surface area contributed by atoms with Crippen molar-refractivity contribution >= 4 is 33.7 Å². The summed E-state index contributed by atoms with van der Waals surface area (Å²) in [7, 11) is 0. The zero-order valence-corrected chi connectivity index (χ0v) is 13.8. The molecule has 120 valence electrons. The van der Waals surface area contributed by atoms with Crippen LogP contribution in [-0.4, -0.2) is 69.0 Å². The molecule has 2 aliphatic rings. The summed E-state index contributed by atoms with van der Waals surface area (Å²) in [5, 5.41) is 9.66. The molecule has 2 aromatic rings. The highest BCUT2D eigenvalue weighted by Crippen LogP contribution is 2.24. The van der Waals surface area contributed by atoms with Crippen molar-refractivity contribution in [2.75, 3.05) is 32.7 Å². The Balaban J connectivity index is 1.46. The van der Waals surface area contributed by atoms with Crippen LogP contribution in [-0.2, 0) is 0 Å². The Bertz CT molecular complexity index is 763. The van der Waals surface area contributed by atoms with E-state index in [0.29, 0.717) is 10.8 Å². The molecule has 1 fully saturated rings. The number of carbonyl (C=O) groups is 1. The first-order valence-electron chi connectivity index (χ1n) is 7.90. The minimum Gasteiger partial charge on any atom is -0.348 e. The van der Waals surface area contributed by atoms with E-state index in [1.54, 1.807) is 6.20 Å². The Morgan fingerprint density at radius 1 is 1.30 bits per heavy atom. The highest BCUT2D eigenvalue weighted by molar-refractivity contribution is 8.14. The first kappa shape index (κ1) is 14.6. The summed E-state index contributed by atoms with van der Waals surface area (Å²) in [6.45, 7) is 6.27. The summed E-state index contributed by atoms with van der Waals surface area (Å²) in [5.74, 6) is 0.0777. The van der Waals surface area contributed by atoms with Crippen molar-refractivity contribution in [1.82, 2.24) is 20.0 Å². The Morgan fingerprint density at radius 2 is 2.13 bits per heavy atom. The predicted octanol–water partition coefficient (Wildman–Crippen LogP) is 1.81. The van der Waals surface area contributed by atoms with Gasteiger partial charge in [-0.2, -0.15) is 5.10 Å². The van der Waals surface area contributed by atoms with E-state index in [-0.39, 0.29) is 5.91 Å². The van der Waals surface area contributed by atoms with E-state index >= 15 is 0 Å². The van der Waals surface area contributed by atoms with Gasteiger partial charge in [-0.1, -0.05) is 30.8 Å². The second-order valence-corrected chi connectivity index (χ2v) is 7.38. The number of amidine groups is 1. The van der Waals surface area contributed by atoms with E-state index in [9.17, 15) is 4.79 Å². The van der Waals surface area contributed by atoms with Gasteiger partial charge in [0, 0.05) is 36.8 Å². The SMILES string of the molecule is C[C@H]1CN=C(N2CCN(C(=O)c3cccc4cn[nH]c34)CC2)S1. The summed E-state index contributed by atoms with van der Waals surface area (Å²) < 4.78 is 0. The third kappa shape index (κ3) is 2.69. The average molecular weight is 329 g/mol. The number of para-hydroxylation sites is 1. The summed E-state index contributed by atoms with van der Waals surface area (Å²) in [6, 6.07) is 5.74. The van der Waals surface area contributed by atoms with Gasteiger partial charge in [0.05, 0.1) is 23.8 Å². The molecular formula is C16H19N5OS. The van der Waals surface area contributed by atoms with E-state index < -0.39 is 0 Å². The summed E-state index contributed by atoms with van der Waals surface area (Å²) in [4.78, 5) is 21.6. The molecule has 0 aliphatic carbocycles. The molecule has 1 atom stereocenters. The van der Waals surface area contributed by atoms with Crippen LogP contribution in [0.2, 0.25) is 0 Å². The molecule has 1 amide bonds. The van der Waals surface area contributed by atoms with Gasteiger partial charge in [-0.25, -0.2) is 0 Å².